The summed E-state index contributed by atoms with van der Waals surface area (Å²) >= 11 is 0. The van der Waals surface area contributed by atoms with Crippen molar-refractivity contribution in [1.82, 2.24) is 0 Å². The lowest BCUT2D eigenvalue weighted by atomic mass is 10.3. The van der Waals surface area contributed by atoms with Crippen molar-refractivity contribution in [3.63, 3.8) is 0 Å². The Kier molecular flexibility index (Phi) is 4.93. The quantitative estimate of drug-likeness (QED) is 0.514. The first-order chi connectivity index (χ1) is 11.9. The third kappa shape index (κ3) is 3.91. The van der Waals surface area contributed by atoms with Crippen molar-refractivity contribution in [2.24, 2.45) is 0 Å². The monoisotopic (exact) mass is 380 g/mol. The minimum absolute atomic E-state index is 0.262. The summed E-state index contributed by atoms with van der Waals surface area (Å²) in [6.45, 7) is 0. The van der Waals surface area contributed by atoms with E-state index in [4.69, 9.17) is 0 Å². The van der Waals surface area contributed by atoms with Crippen molar-refractivity contribution in [1.29, 1.82) is 0 Å². The average molecular weight is 380 g/mol. The molecule has 128 valence electrons. The molecule has 0 saturated heterocycles. The average Bonchev–Trinajstić information content (AvgIpc) is 2.58. The van der Waals surface area contributed by atoms with E-state index in [0.29, 0.717) is 10.6 Å². The van der Waals surface area contributed by atoms with Crippen molar-refractivity contribution in [3.05, 3.63) is 84.4 Å². The van der Waals surface area contributed by atoms with E-state index in [9.17, 15) is 21.1 Å². The van der Waals surface area contributed by atoms with E-state index in [1.54, 1.807) is 6.07 Å². The van der Waals surface area contributed by atoms with Crippen LogP contribution in [0, 0.1) is 11.6 Å². The summed E-state index contributed by atoms with van der Waals surface area (Å²) in [5.41, 5.74) is 0. The molecule has 3 rings (SSSR count). The van der Waals surface area contributed by atoms with Gasteiger partial charge in [0, 0.05) is 5.30 Å². The Morgan fingerprint density at radius 3 is 1.56 bits per heavy atom. The summed E-state index contributed by atoms with van der Waals surface area (Å²) in [5.74, 6) is -0.881. The molecular weight excluding hydrogens is 368 g/mol. The van der Waals surface area contributed by atoms with Crippen LogP contribution in [0.2, 0.25) is 0 Å². The topological polar surface area (TPSA) is 34.1 Å². The Balaban J connectivity index is 2.26. The predicted octanol–water partition coefficient (Wildman–Crippen LogP) is 3.38. The number of hydrogen-bond donors (Lipinski definition) is 0. The smallest absolute Gasteiger partial charge is 0.207 e. The second-order valence-corrected chi connectivity index (χ2v) is 8.69. The van der Waals surface area contributed by atoms with Crippen LogP contribution in [0.1, 0.15) is 0 Å². The summed E-state index contributed by atoms with van der Waals surface area (Å²) in [7, 11) is -6.45. The third-order valence-electron chi connectivity index (χ3n) is 3.54. The van der Waals surface area contributed by atoms with Crippen LogP contribution in [0.3, 0.4) is 0 Å². The molecule has 0 N–H and O–H groups in total. The molecule has 0 saturated carbocycles. The molecule has 0 aliphatic rings. The molecule has 0 heterocycles. The van der Waals surface area contributed by atoms with Crippen LogP contribution < -0.4 is 15.9 Å². The van der Waals surface area contributed by atoms with Crippen LogP contribution >= 0.6 is 7.92 Å². The molecule has 25 heavy (non-hydrogen) atoms. The van der Waals surface area contributed by atoms with Crippen molar-refractivity contribution in [2.45, 2.75) is 4.90 Å². The molecular formula is C18H12F3O2PS. The Morgan fingerprint density at radius 1 is 0.680 bits per heavy atom. The van der Waals surface area contributed by atoms with E-state index >= 15 is 0 Å². The fourth-order valence-corrected chi connectivity index (χ4v) is 5.89. The fraction of sp³-hybridized carbons (Fsp3) is 0. The number of benzene rings is 3. The first-order valence-electron chi connectivity index (χ1n) is 7.21. The molecule has 0 aliphatic heterocycles. The van der Waals surface area contributed by atoms with Crippen LogP contribution in [0.15, 0.2) is 77.7 Å². The molecule has 0 aromatic heterocycles. The summed E-state index contributed by atoms with van der Waals surface area (Å²) in [6.07, 6.45) is 0. The maximum atomic E-state index is 13.8. The van der Waals surface area contributed by atoms with E-state index in [0.717, 1.165) is 0 Å². The SMILES string of the molecule is O=S(=O)(F)c1ccccc1P(c1ccc(F)cc1)c1ccc(F)cc1. The Labute approximate surface area is 144 Å². The molecule has 2 nitrogen and oxygen atoms in total. The van der Waals surface area contributed by atoms with E-state index in [2.05, 4.69) is 0 Å². The fourth-order valence-electron chi connectivity index (χ4n) is 2.46. The van der Waals surface area contributed by atoms with Gasteiger partial charge in [-0.3, -0.25) is 0 Å². The maximum absolute atomic E-state index is 13.8. The Morgan fingerprint density at radius 2 is 1.12 bits per heavy atom. The zero-order valence-electron chi connectivity index (χ0n) is 12.7. The van der Waals surface area contributed by atoms with E-state index in [-0.39, 0.29) is 5.30 Å². The minimum Gasteiger partial charge on any atom is -0.207 e. The van der Waals surface area contributed by atoms with Crippen molar-refractivity contribution >= 4 is 34.1 Å². The summed E-state index contributed by atoms with van der Waals surface area (Å²) in [4.78, 5) is -0.435. The van der Waals surface area contributed by atoms with Crippen LogP contribution in [0.4, 0.5) is 12.7 Å². The van der Waals surface area contributed by atoms with Gasteiger partial charge in [0.1, 0.15) is 16.5 Å². The Hall–Kier alpha value is -2.17. The van der Waals surface area contributed by atoms with Gasteiger partial charge in [-0.1, -0.05) is 42.5 Å². The van der Waals surface area contributed by atoms with Crippen LogP contribution in [0.25, 0.3) is 0 Å². The van der Waals surface area contributed by atoms with Crippen LogP contribution in [0.5, 0.6) is 0 Å². The van der Waals surface area contributed by atoms with Crippen molar-refractivity contribution in [3.8, 4) is 0 Å². The number of halogens is 3. The number of rotatable bonds is 4. The minimum atomic E-state index is -4.94. The highest BCUT2D eigenvalue weighted by Gasteiger charge is 2.25. The highest BCUT2D eigenvalue weighted by atomic mass is 32.3. The molecule has 7 heteroatoms. The van der Waals surface area contributed by atoms with Gasteiger partial charge in [0.2, 0.25) is 0 Å². The summed E-state index contributed by atoms with van der Waals surface area (Å²) in [5, 5.41) is 1.51. The lowest BCUT2D eigenvalue weighted by molar-refractivity contribution is 0.553. The van der Waals surface area contributed by atoms with Crippen molar-refractivity contribution < 1.29 is 21.1 Å². The lowest BCUT2D eigenvalue weighted by Gasteiger charge is -2.21. The third-order valence-corrected chi connectivity index (χ3v) is 7.07. The van der Waals surface area contributed by atoms with Gasteiger partial charge < -0.3 is 0 Å². The maximum Gasteiger partial charge on any atom is 0.332 e. The molecule has 0 atom stereocenters. The van der Waals surface area contributed by atoms with Crippen LogP contribution in [-0.4, -0.2) is 8.42 Å². The number of hydrogen-bond acceptors (Lipinski definition) is 2. The van der Waals surface area contributed by atoms with Gasteiger partial charge >= 0.3 is 10.2 Å². The normalized spacial score (nSPS) is 11.7. The molecule has 3 aromatic carbocycles. The van der Waals surface area contributed by atoms with Gasteiger partial charge in [-0.15, -0.1) is 3.89 Å². The highest BCUT2D eigenvalue weighted by molar-refractivity contribution is 7.88. The van der Waals surface area contributed by atoms with Crippen LogP contribution in [-0.2, 0) is 10.2 Å². The van der Waals surface area contributed by atoms with Gasteiger partial charge in [0.25, 0.3) is 0 Å². The molecule has 0 unspecified atom stereocenters. The molecule has 0 aliphatic carbocycles. The first kappa shape index (κ1) is 17.6. The second kappa shape index (κ2) is 6.98. The zero-order chi connectivity index (χ0) is 18.0. The van der Waals surface area contributed by atoms with E-state index in [1.807, 2.05) is 0 Å². The molecule has 0 radical (unpaired) electrons. The second-order valence-electron chi connectivity index (χ2n) is 5.19. The highest BCUT2D eigenvalue weighted by Crippen LogP contribution is 2.35. The summed E-state index contributed by atoms with van der Waals surface area (Å²) in [6, 6.07) is 16.8. The molecule has 0 amide bonds. The lowest BCUT2D eigenvalue weighted by Crippen LogP contribution is -2.24. The molecule has 3 aromatic rings. The van der Waals surface area contributed by atoms with Crippen molar-refractivity contribution in [2.75, 3.05) is 0 Å². The van der Waals surface area contributed by atoms with E-state index in [1.165, 1.54) is 66.7 Å². The van der Waals surface area contributed by atoms with Gasteiger partial charge in [-0.05, 0) is 48.9 Å². The van der Waals surface area contributed by atoms with Gasteiger partial charge in [-0.25, -0.2) is 8.78 Å². The summed E-state index contributed by atoms with van der Waals surface area (Å²) < 4.78 is 63.4. The zero-order valence-corrected chi connectivity index (χ0v) is 14.4. The van der Waals surface area contributed by atoms with Gasteiger partial charge in [0.15, 0.2) is 0 Å². The van der Waals surface area contributed by atoms with Gasteiger partial charge in [0.05, 0.1) is 0 Å². The first-order valence-corrected chi connectivity index (χ1v) is 9.94. The molecule has 0 bridgehead atoms. The predicted molar refractivity (Wildman–Crippen MR) is 93.4 cm³/mol. The van der Waals surface area contributed by atoms with Gasteiger partial charge in [-0.2, -0.15) is 8.42 Å². The van der Waals surface area contributed by atoms with E-state index < -0.39 is 34.7 Å². The largest absolute Gasteiger partial charge is 0.332 e. The Bertz CT molecular complexity index is 942. The standard InChI is InChI=1S/C18H12F3O2PS/c19-13-5-9-15(10-6-13)24(16-11-7-14(20)8-12-16)17-3-1-2-4-18(17)25(21,22)23/h1-12H. The molecule has 0 fully saturated rings. The molecule has 0 spiro atoms.